The van der Waals surface area contributed by atoms with E-state index in [9.17, 15) is 0 Å². The third-order valence-corrected chi connectivity index (χ3v) is 3.39. The third-order valence-electron chi connectivity index (χ3n) is 3.39. The van der Waals surface area contributed by atoms with Crippen LogP contribution in [-0.2, 0) is 11.3 Å². The first kappa shape index (κ1) is 18.0. The van der Waals surface area contributed by atoms with E-state index >= 15 is 0 Å². The summed E-state index contributed by atoms with van der Waals surface area (Å²) < 4.78 is 10.7. The molecule has 2 rings (SSSR count). The molecule has 0 fully saturated rings. The lowest BCUT2D eigenvalue weighted by Crippen LogP contribution is -2.43. The summed E-state index contributed by atoms with van der Waals surface area (Å²) in [5, 5.41) is 6.50. The minimum Gasteiger partial charge on any atom is -0.444 e. The fourth-order valence-electron chi connectivity index (χ4n) is 2.21. The largest absolute Gasteiger partial charge is 0.444 e. The van der Waals surface area contributed by atoms with Gasteiger partial charge < -0.3 is 19.8 Å². The van der Waals surface area contributed by atoms with Crippen molar-refractivity contribution in [3.8, 4) is 11.5 Å². The van der Waals surface area contributed by atoms with Crippen molar-refractivity contribution >= 4 is 5.96 Å². The summed E-state index contributed by atoms with van der Waals surface area (Å²) in [6.07, 6.45) is 1.65. The average molecular weight is 330 g/mol. The Hall–Kier alpha value is -2.34. The highest BCUT2D eigenvalue weighted by atomic mass is 16.5. The van der Waals surface area contributed by atoms with Gasteiger partial charge in [0, 0.05) is 25.3 Å². The van der Waals surface area contributed by atoms with E-state index in [0.29, 0.717) is 19.0 Å². The topological polar surface area (TPSA) is 71.7 Å². The quantitative estimate of drug-likeness (QED) is 0.603. The molecule has 0 spiro atoms. The van der Waals surface area contributed by atoms with Crippen LogP contribution in [-0.4, -0.2) is 37.2 Å². The molecule has 0 aliphatic carbocycles. The van der Waals surface area contributed by atoms with Gasteiger partial charge in [-0.15, -0.1) is 0 Å². The number of oxazole rings is 1. The van der Waals surface area contributed by atoms with Crippen LogP contribution in [0.25, 0.3) is 11.5 Å². The smallest absolute Gasteiger partial charge is 0.226 e. The third kappa shape index (κ3) is 5.38. The Kier molecular flexibility index (Phi) is 6.81. The van der Waals surface area contributed by atoms with Crippen molar-refractivity contribution in [2.24, 2.45) is 4.99 Å². The molecule has 130 valence electrons. The van der Waals surface area contributed by atoms with E-state index in [2.05, 4.69) is 27.5 Å². The summed E-state index contributed by atoms with van der Waals surface area (Å²) >= 11 is 0. The molecule has 6 heteroatoms. The first-order valence-electron chi connectivity index (χ1n) is 8.17. The van der Waals surface area contributed by atoms with E-state index < -0.39 is 0 Å². The van der Waals surface area contributed by atoms with Crippen LogP contribution < -0.4 is 10.6 Å². The summed E-state index contributed by atoms with van der Waals surface area (Å²) in [4.78, 5) is 9.05. The highest BCUT2D eigenvalue weighted by Gasteiger charge is 2.08. The Morgan fingerprint density at radius 3 is 2.75 bits per heavy atom. The van der Waals surface area contributed by atoms with Crippen LogP contribution in [0.4, 0.5) is 0 Å². The van der Waals surface area contributed by atoms with Crippen LogP contribution in [0.3, 0.4) is 0 Å². The lowest BCUT2D eigenvalue weighted by molar-refractivity contribution is 0.179. The highest BCUT2D eigenvalue weighted by Crippen LogP contribution is 2.19. The molecule has 2 N–H and O–H groups in total. The van der Waals surface area contributed by atoms with Crippen LogP contribution in [0.15, 0.2) is 39.9 Å². The van der Waals surface area contributed by atoms with E-state index in [1.54, 1.807) is 13.4 Å². The number of ether oxygens (including phenoxy) is 1. The number of aliphatic imine (C=N–C) groups is 1. The highest BCUT2D eigenvalue weighted by molar-refractivity contribution is 5.80. The minimum absolute atomic E-state index is 0.174. The van der Waals surface area contributed by atoms with Gasteiger partial charge >= 0.3 is 0 Å². The Labute approximate surface area is 143 Å². The van der Waals surface area contributed by atoms with Crippen LogP contribution in [0.2, 0.25) is 0 Å². The normalized spacial score (nSPS) is 12.9. The molecular formula is C18H26N4O2. The van der Waals surface area contributed by atoms with Gasteiger partial charge in [0.1, 0.15) is 12.0 Å². The van der Waals surface area contributed by atoms with Gasteiger partial charge in [-0.1, -0.05) is 17.7 Å². The number of nitrogens with one attached hydrogen (secondary N) is 2. The molecule has 0 saturated carbocycles. The van der Waals surface area contributed by atoms with Crippen LogP contribution in [0.5, 0.6) is 0 Å². The SMILES string of the molecule is CCNC(=NCc1coc(-c2ccc(C)cc2)n1)NC(C)COC. The monoisotopic (exact) mass is 330 g/mol. The fraction of sp³-hybridized carbons (Fsp3) is 0.444. The molecule has 0 saturated heterocycles. The number of rotatable bonds is 7. The fourth-order valence-corrected chi connectivity index (χ4v) is 2.21. The standard InChI is InChI=1S/C18H26N4O2/c1-5-19-18(21-14(3)11-23-4)20-10-16-12-24-17(22-16)15-8-6-13(2)7-9-15/h6-9,12,14H,5,10-11H2,1-4H3,(H2,19,20,21). The number of guanidine groups is 1. The van der Waals surface area contributed by atoms with Crippen molar-refractivity contribution in [3.05, 3.63) is 41.8 Å². The number of hydrogen-bond acceptors (Lipinski definition) is 4. The average Bonchev–Trinajstić information content (AvgIpc) is 3.03. The van der Waals surface area contributed by atoms with E-state index in [1.807, 2.05) is 38.1 Å². The number of aromatic nitrogens is 1. The van der Waals surface area contributed by atoms with Crippen molar-refractivity contribution in [3.63, 3.8) is 0 Å². The van der Waals surface area contributed by atoms with Crippen LogP contribution in [0, 0.1) is 6.92 Å². The van der Waals surface area contributed by atoms with Gasteiger partial charge in [-0.3, -0.25) is 0 Å². The van der Waals surface area contributed by atoms with Crippen molar-refractivity contribution in [2.45, 2.75) is 33.4 Å². The molecule has 2 aromatic rings. The van der Waals surface area contributed by atoms with Crippen molar-refractivity contribution in [1.29, 1.82) is 0 Å². The molecule has 0 amide bonds. The molecule has 1 heterocycles. The van der Waals surface area contributed by atoms with Gasteiger partial charge in [0.2, 0.25) is 5.89 Å². The second-order valence-electron chi connectivity index (χ2n) is 5.71. The maximum absolute atomic E-state index is 5.56. The summed E-state index contributed by atoms with van der Waals surface area (Å²) in [5.74, 6) is 1.35. The second kappa shape index (κ2) is 9.08. The summed E-state index contributed by atoms with van der Waals surface area (Å²) in [5.41, 5.74) is 2.97. The summed E-state index contributed by atoms with van der Waals surface area (Å²) in [7, 11) is 1.68. The summed E-state index contributed by atoms with van der Waals surface area (Å²) in [6, 6.07) is 8.27. The number of methoxy groups -OCH3 is 1. The van der Waals surface area contributed by atoms with Crippen LogP contribution >= 0.6 is 0 Å². The molecule has 1 atom stereocenters. The maximum Gasteiger partial charge on any atom is 0.226 e. The van der Waals surface area contributed by atoms with Crippen molar-refractivity contribution < 1.29 is 9.15 Å². The number of hydrogen-bond donors (Lipinski definition) is 2. The molecule has 0 bridgehead atoms. The molecule has 6 nitrogen and oxygen atoms in total. The van der Waals surface area contributed by atoms with Crippen LogP contribution in [0.1, 0.15) is 25.1 Å². The molecule has 24 heavy (non-hydrogen) atoms. The maximum atomic E-state index is 5.56. The molecule has 1 unspecified atom stereocenters. The lowest BCUT2D eigenvalue weighted by Gasteiger charge is -2.16. The molecule has 1 aromatic heterocycles. The first-order valence-corrected chi connectivity index (χ1v) is 8.17. The van der Waals surface area contributed by atoms with Gasteiger partial charge in [-0.05, 0) is 32.9 Å². The Morgan fingerprint density at radius 1 is 1.33 bits per heavy atom. The zero-order chi connectivity index (χ0) is 17.4. The Balaban J connectivity index is 2.02. The predicted molar refractivity (Wildman–Crippen MR) is 96.0 cm³/mol. The zero-order valence-electron chi connectivity index (χ0n) is 14.8. The Morgan fingerprint density at radius 2 is 2.08 bits per heavy atom. The van der Waals surface area contributed by atoms with E-state index in [4.69, 9.17) is 9.15 Å². The molecule has 0 radical (unpaired) electrons. The lowest BCUT2D eigenvalue weighted by atomic mass is 10.1. The molecule has 1 aromatic carbocycles. The van der Waals surface area contributed by atoms with E-state index in [-0.39, 0.29) is 6.04 Å². The zero-order valence-corrected chi connectivity index (χ0v) is 14.8. The second-order valence-corrected chi connectivity index (χ2v) is 5.71. The number of benzene rings is 1. The molecular weight excluding hydrogens is 304 g/mol. The number of nitrogens with zero attached hydrogens (tertiary/aromatic N) is 2. The molecule has 0 aliphatic rings. The van der Waals surface area contributed by atoms with E-state index in [1.165, 1.54) is 5.56 Å². The molecule has 0 aliphatic heterocycles. The van der Waals surface area contributed by atoms with Gasteiger partial charge in [-0.2, -0.15) is 0 Å². The van der Waals surface area contributed by atoms with Gasteiger partial charge in [0.15, 0.2) is 5.96 Å². The Bertz CT molecular complexity index is 649. The van der Waals surface area contributed by atoms with Gasteiger partial charge in [0.05, 0.1) is 13.2 Å². The van der Waals surface area contributed by atoms with Crippen molar-refractivity contribution in [2.75, 3.05) is 20.3 Å². The van der Waals surface area contributed by atoms with E-state index in [0.717, 1.165) is 23.8 Å². The number of aryl methyl sites for hydroxylation is 1. The minimum atomic E-state index is 0.174. The van der Waals surface area contributed by atoms with Gasteiger partial charge in [0.25, 0.3) is 0 Å². The summed E-state index contributed by atoms with van der Waals surface area (Å²) in [6.45, 7) is 7.99. The van der Waals surface area contributed by atoms with Gasteiger partial charge in [-0.25, -0.2) is 9.98 Å². The predicted octanol–water partition coefficient (Wildman–Crippen LogP) is 2.74. The van der Waals surface area contributed by atoms with Crippen molar-refractivity contribution in [1.82, 2.24) is 15.6 Å². The first-order chi connectivity index (χ1) is 11.6.